The lowest BCUT2D eigenvalue weighted by Crippen LogP contribution is -2.42. The minimum absolute atomic E-state index is 0.00473. The summed E-state index contributed by atoms with van der Waals surface area (Å²) in [4.78, 5) is 31.8. The van der Waals surface area contributed by atoms with E-state index in [2.05, 4.69) is 15.4 Å². The normalized spacial score (nSPS) is 17.2. The number of fused-ring (bicyclic) bond motifs is 1. The fraction of sp³-hybridized carbons (Fsp3) is 0.400. The Morgan fingerprint density at radius 1 is 1.31 bits per heavy atom. The molecule has 2 amide bonds. The van der Waals surface area contributed by atoms with Crippen molar-refractivity contribution in [2.75, 3.05) is 19.0 Å². The Balaban J connectivity index is 1.55. The molecule has 1 saturated heterocycles. The van der Waals surface area contributed by atoms with Crippen LogP contribution in [0.15, 0.2) is 29.6 Å². The lowest BCUT2D eigenvalue weighted by molar-refractivity contribution is -0.131. The first-order chi connectivity index (χ1) is 13.8. The number of ether oxygens (including phenoxy) is 1. The molecule has 1 aliphatic rings. The number of methoxy groups -OCH3 is 1. The molecule has 2 aromatic heterocycles. The highest BCUT2D eigenvalue weighted by Gasteiger charge is 2.39. The van der Waals surface area contributed by atoms with Gasteiger partial charge >= 0.3 is 0 Å². The maximum absolute atomic E-state index is 12.7. The maximum atomic E-state index is 12.7. The van der Waals surface area contributed by atoms with E-state index in [1.807, 2.05) is 50.4 Å². The highest BCUT2D eigenvalue weighted by Crippen LogP contribution is 2.33. The molecule has 0 saturated carbocycles. The van der Waals surface area contributed by atoms with Gasteiger partial charge in [0.2, 0.25) is 22.7 Å². The van der Waals surface area contributed by atoms with Crippen molar-refractivity contribution >= 4 is 34.1 Å². The zero-order valence-corrected chi connectivity index (χ0v) is 17.6. The minimum Gasteiger partial charge on any atom is -0.496 e. The smallest absolute Gasteiger partial charge is 0.250 e. The van der Waals surface area contributed by atoms with E-state index in [9.17, 15) is 9.59 Å². The molecular formula is C20H23N5O3S. The third-order valence-corrected chi connectivity index (χ3v) is 5.82. The Morgan fingerprint density at radius 3 is 2.76 bits per heavy atom. The predicted molar refractivity (Wildman–Crippen MR) is 111 cm³/mol. The summed E-state index contributed by atoms with van der Waals surface area (Å²) in [5, 5.41) is 9.18. The molecule has 0 aliphatic carbocycles. The quantitative estimate of drug-likeness (QED) is 0.710. The van der Waals surface area contributed by atoms with E-state index in [4.69, 9.17) is 4.74 Å². The van der Waals surface area contributed by atoms with Crippen LogP contribution in [0.5, 0.6) is 5.75 Å². The highest BCUT2D eigenvalue weighted by molar-refractivity contribution is 7.15. The van der Waals surface area contributed by atoms with Crippen LogP contribution in [0.1, 0.15) is 27.2 Å². The van der Waals surface area contributed by atoms with Crippen LogP contribution in [-0.2, 0) is 9.59 Å². The first kappa shape index (κ1) is 19.4. The molecule has 1 aromatic carbocycles. The molecule has 0 spiro atoms. The van der Waals surface area contributed by atoms with Crippen molar-refractivity contribution < 1.29 is 14.3 Å². The third-order valence-electron chi connectivity index (χ3n) is 5.01. The van der Waals surface area contributed by atoms with Crippen molar-refractivity contribution in [2.45, 2.75) is 32.7 Å². The number of carbonyl (C=O) groups excluding carboxylic acids is 2. The van der Waals surface area contributed by atoms with E-state index in [-0.39, 0.29) is 29.7 Å². The highest BCUT2D eigenvalue weighted by atomic mass is 32.1. The largest absolute Gasteiger partial charge is 0.496 e. The number of anilines is 1. The summed E-state index contributed by atoms with van der Waals surface area (Å²) in [5.41, 5.74) is 1.43. The van der Waals surface area contributed by atoms with Gasteiger partial charge < -0.3 is 9.64 Å². The Morgan fingerprint density at radius 2 is 2.07 bits per heavy atom. The summed E-state index contributed by atoms with van der Waals surface area (Å²) >= 11 is 1.43. The van der Waals surface area contributed by atoms with Crippen LogP contribution in [0.25, 0.3) is 16.2 Å². The average Bonchev–Trinajstić information content (AvgIpc) is 3.35. The van der Waals surface area contributed by atoms with Gasteiger partial charge in [0.15, 0.2) is 0 Å². The molecule has 0 bridgehead atoms. The molecule has 29 heavy (non-hydrogen) atoms. The van der Waals surface area contributed by atoms with Crippen LogP contribution < -0.4 is 10.1 Å². The average molecular weight is 414 g/mol. The molecule has 1 N–H and O–H groups in total. The van der Waals surface area contributed by atoms with Gasteiger partial charge in [0, 0.05) is 29.4 Å². The van der Waals surface area contributed by atoms with Crippen molar-refractivity contribution in [1.29, 1.82) is 0 Å². The lowest BCUT2D eigenvalue weighted by Gasteiger charge is -2.31. The molecule has 1 unspecified atom stereocenters. The van der Waals surface area contributed by atoms with Crippen LogP contribution in [0, 0.1) is 5.92 Å². The molecular weight excluding hydrogens is 390 g/mol. The molecule has 1 atom stereocenters. The topological polar surface area (TPSA) is 88.8 Å². The summed E-state index contributed by atoms with van der Waals surface area (Å²) in [6.45, 7) is 6.31. The molecule has 152 valence electrons. The second kappa shape index (κ2) is 7.14. The number of benzene rings is 1. The van der Waals surface area contributed by atoms with Crippen LogP contribution in [0.2, 0.25) is 0 Å². The molecule has 9 heteroatoms. The van der Waals surface area contributed by atoms with E-state index in [0.29, 0.717) is 11.5 Å². The molecule has 1 aliphatic heterocycles. The molecule has 4 rings (SSSR count). The Hall–Kier alpha value is -2.94. The van der Waals surface area contributed by atoms with Gasteiger partial charge in [-0.1, -0.05) is 12.1 Å². The number of para-hydroxylation sites is 1. The van der Waals surface area contributed by atoms with E-state index in [1.165, 1.54) is 11.3 Å². The standard InChI is InChI=1S/C20H23N5O3S/c1-20(2,3)24-10-12(9-16(24)26)17(27)21-18-22-19-25(23-18)14(11-29-19)13-7-5-6-8-15(13)28-4/h5-8,11-12H,9-10H2,1-4H3,(H,21,23,27). The molecule has 0 radical (unpaired) electrons. The van der Waals surface area contributed by atoms with Gasteiger partial charge in [0.05, 0.1) is 18.7 Å². The van der Waals surface area contributed by atoms with Crippen molar-refractivity contribution in [3.63, 3.8) is 0 Å². The van der Waals surface area contributed by atoms with Crippen LogP contribution >= 0.6 is 11.3 Å². The van der Waals surface area contributed by atoms with Crippen LogP contribution in [0.4, 0.5) is 5.95 Å². The lowest BCUT2D eigenvalue weighted by atomic mass is 10.1. The van der Waals surface area contributed by atoms with Crippen molar-refractivity contribution in [1.82, 2.24) is 19.5 Å². The first-order valence-corrected chi connectivity index (χ1v) is 10.2. The van der Waals surface area contributed by atoms with Gasteiger partial charge in [0.25, 0.3) is 0 Å². The number of nitrogens with zero attached hydrogens (tertiary/aromatic N) is 4. The fourth-order valence-corrected chi connectivity index (χ4v) is 4.34. The van der Waals surface area contributed by atoms with E-state index < -0.39 is 5.92 Å². The van der Waals surface area contributed by atoms with Crippen LogP contribution in [-0.4, -0.2) is 50.5 Å². The second-order valence-electron chi connectivity index (χ2n) is 8.02. The van der Waals surface area contributed by atoms with Crippen molar-refractivity contribution in [3.05, 3.63) is 29.6 Å². The van der Waals surface area contributed by atoms with E-state index in [1.54, 1.807) is 16.5 Å². The van der Waals surface area contributed by atoms with Gasteiger partial charge in [-0.25, -0.2) is 4.52 Å². The number of nitrogens with one attached hydrogen (secondary N) is 1. The predicted octanol–water partition coefficient (Wildman–Crippen LogP) is 3.05. The van der Waals surface area contributed by atoms with Gasteiger partial charge in [-0.2, -0.15) is 4.98 Å². The third kappa shape index (κ3) is 3.57. The van der Waals surface area contributed by atoms with Gasteiger partial charge in [-0.15, -0.1) is 16.4 Å². The Kier molecular flexibility index (Phi) is 4.77. The summed E-state index contributed by atoms with van der Waals surface area (Å²) in [5.74, 6) is 0.328. The van der Waals surface area contributed by atoms with Crippen molar-refractivity contribution in [3.8, 4) is 17.0 Å². The number of carbonyl (C=O) groups is 2. The summed E-state index contributed by atoms with van der Waals surface area (Å²) in [7, 11) is 1.62. The van der Waals surface area contributed by atoms with Gasteiger partial charge in [-0.05, 0) is 32.9 Å². The maximum Gasteiger partial charge on any atom is 0.250 e. The molecule has 3 heterocycles. The number of thiazole rings is 1. The zero-order valence-electron chi connectivity index (χ0n) is 16.8. The number of hydrogen-bond acceptors (Lipinski definition) is 6. The summed E-state index contributed by atoms with van der Waals surface area (Å²) < 4.78 is 7.14. The Labute approximate surface area is 172 Å². The first-order valence-electron chi connectivity index (χ1n) is 9.37. The number of amides is 2. The molecule has 3 aromatic rings. The van der Waals surface area contributed by atoms with Crippen molar-refractivity contribution in [2.24, 2.45) is 5.92 Å². The molecule has 8 nitrogen and oxygen atoms in total. The fourth-order valence-electron chi connectivity index (χ4n) is 3.52. The van der Waals surface area contributed by atoms with E-state index in [0.717, 1.165) is 17.0 Å². The van der Waals surface area contributed by atoms with Gasteiger partial charge in [-0.3, -0.25) is 14.9 Å². The minimum atomic E-state index is -0.406. The monoisotopic (exact) mass is 413 g/mol. The summed E-state index contributed by atoms with van der Waals surface area (Å²) in [6.07, 6.45) is 0.206. The van der Waals surface area contributed by atoms with Crippen LogP contribution in [0.3, 0.4) is 0 Å². The van der Waals surface area contributed by atoms with E-state index >= 15 is 0 Å². The number of likely N-dealkylation sites (tertiary alicyclic amines) is 1. The zero-order chi connectivity index (χ0) is 20.8. The Bertz CT molecular complexity index is 1080. The summed E-state index contributed by atoms with van der Waals surface area (Å²) in [6, 6.07) is 7.67. The second-order valence-corrected chi connectivity index (χ2v) is 8.85. The molecule has 1 fully saturated rings. The SMILES string of the molecule is COc1ccccc1-c1csc2nc(NC(=O)C3CC(=O)N(C(C)(C)C)C3)nn12. The number of aromatic nitrogens is 3. The number of hydrogen-bond donors (Lipinski definition) is 1. The van der Waals surface area contributed by atoms with Gasteiger partial charge in [0.1, 0.15) is 5.75 Å². The number of rotatable bonds is 4.